The Morgan fingerprint density at radius 3 is 3.19 bits per heavy atom. The molecule has 1 aliphatic heterocycles. The van der Waals surface area contributed by atoms with E-state index in [4.69, 9.17) is 5.11 Å². The lowest BCUT2D eigenvalue weighted by molar-refractivity contribution is -0.140. The first-order valence-corrected chi connectivity index (χ1v) is 5.69. The smallest absolute Gasteiger partial charge is 0.320 e. The molecule has 0 aliphatic carbocycles. The van der Waals surface area contributed by atoms with Crippen LogP contribution in [-0.4, -0.2) is 33.4 Å². The highest BCUT2D eigenvalue weighted by molar-refractivity contribution is 5.73. The van der Waals surface area contributed by atoms with Crippen molar-refractivity contribution in [1.82, 2.24) is 15.1 Å². The minimum atomic E-state index is -0.757. The normalized spacial score (nSPS) is 25.6. The zero-order valence-corrected chi connectivity index (χ0v) is 9.39. The van der Waals surface area contributed by atoms with Crippen LogP contribution in [0.5, 0.6) is 0 Å². The van der Waals surface area contributed by atoms with E-state index in [1.807, 2.05) is 24.0 Å². The average molecular weight is 223 g/mol. The van der Waals surface area contributed by atoms with E-state index in [1.165, 1.54) is 0 Å². The number of carbonyl (C=O) groups is 1. The highest BCUT2D eigenvalue weighted by atomic mass is 16.4. The fraction of sp³-hybridized carbons (Fsp3) is 0.636. The molecule has 2 atom stereocenters. The van der Waals surface area contributed by atoms with Gasteiger partial charge in [0.05, 0.1) is 6.20 Å². The molecule has 2 unspecified atom stereocenters. The summed E-state index contributed by atoms with van der Waals surface area (Å²) in [6.07, 6.45) is 5.53. The van der Waals surface area contributed by atoms with E-state index in [0.29, 0.717) is 12.3 Å². The van der Waals surface area contributed by atoms with Crippen molar-refractivity contribution in [3.05, 3.63) is 18.0 Å². The number of nitrogens with zero attached hydrogens (tertiary/aromatic N) is 2. The molecule has 0 radical (unpaired) electrons. The maximum absolute atomic E-state index is 10.9. The number of carboxylic acid groups (broad SMARTS) is 1. The highest BCUT2D eigenvalue weighted by Crippen LogP contribution is 2.27. The number of carboxylic acids is 1. The van der Waals surface area contributed by atoms with Crippen LogP contribution in [-0.2, 0) is 11.3 Å². The van der Waals surface area contributed by atoms with Gasteiger partial charge in [-0.3, -0.25) is 9.48 Å². The quantitative estimate of drug-likeness (QED) is 0.796. The van der Waals surface area contributed by atoms with Crippen molar-refractivity contribution in [3.8, 4) is 0 Å². The number of piperidine rings is 1. The maximum atomic E-state index is 10.9. The fourth-order valence-electron chi connectivity index (χ4n) is 2.17. The van der Waals surface area contributed by atoms with Gasteiger partial charge in [0.1, 0.15) is 6.04 Å². The molecule has 0 bridgehead atoms. The topological polar surface area (TPSA) is 67.2 Å². The molecule has 5 heteroatoms. The molecule has 5 nitrogen and oxygen atoms in total. The summed E-state index contributed by atoms with van der Waals surface area (Å²) in [7, 11) is 0. The van der Waals surface area contributed by atoms with Crippen LogP contribution >= 0.6 is 0 Å². The van der Waals surface area contributed by atoms with Gasteiger partial charge in [0.2, 0.25) is 0 Å². The van der Waals surface area contributed by atoms with Crippen LogP contribution < -0.4 is 5.32 Å². The van der Waals surface area contributed by atoms with Crippen LogP contribution in [0, 0.1) is 0 Å². The number of aliphatic carboxylic acids is 1. The van der Waals surface area contributed by atoms with Gasteiger partial charge in [-0.2, -0.15) is 5.10 Å². The van der Waals surface area contributed by atoms with Gasteiger partial charge in [0.25, 0.3) is 0 Å². The highest BCUT2D eigenvalue weighted by Gasteiger charge is 2.27. The third kappa shape index (κ3) is 2.24. The first-order chi connectivity index (χ1) is 7.70. The molecule has 0 spiro atoms. The zero-order valence-electron chi connectivity index (χ0n) is 9.39. The summed E-state index contributed by atoms with van der Waals surface area (Å²) in [5.74, 6) is -0.435. The first kappa shape index (κ1) is 11.1. The fourth-order valence-corrected chi connectivity index (χ4v) is 2.17. The summed E-state index contributed by atoms with van der Waals surface area (Å²) < 4.78 is 1.88. The number of rotatable bonds is 3. The molecule has 1 aromatic rings. The third-order valence-electron chi connectivity index (χ3n) is 3.15. The van der Waals surface area contributed by atoms with Crippen LogP contribution in [0.15, 0.2) is 12.4 Å². The SMILES string of the molecule is CCn1cc(C2CCNC(C(=O)O)C2)cn1. The van der Waals surface area contributed by atoms with E-state index in [0.717, 1.165) is 25.1 Å². The van der Waals surface area contributed by atoms with E-state index in [2.05, 4.69) is 10.4 Å². The second-order valence-electron chi connectivity index (χ2n) is 4.20. The lowest BCUT2D eigenvalue weighted by atomic mass is 9.88. The first-order valence-electron chi connectivity index (χ1n) is 5.69. The minimum Gasteiger partial charge on any atom is -0.480 e. The average Bonchev–Trinajstić information content (AvgIpc) is 2.77. The largest absolute Gasteiger partial charge is 0.480 e. The van der Waals surface area contributed by atoms with Gasteiger partial charge >= 0.3 is 5.97 Å². The van der Waals surface area contributed by atoms with Gasteiger partial charge in [0.15, 0.2) is 0 Å². The molecule has 0 saturated carbocycles. The van der Waals surface area contributed by atoms with Crippen molar-refractivity contribution in [1.29, 1.82) is 0 Å². The van der Waals surface area contributed by atoms with Crippen LogP contribution in [0.3, 0.4) is 0 Å². The van der Waals surface area contributed by atoms with Crippen molar-refractivity contribution in [2.45, 2.75) is 38.3 Å². The van der Waals surface area contributed by atoms with Gasteiger partial charge < -0.3 is 10.4 Å². The standard InChI is InChI=1S/C11H17N3O2/c1-2-14-7-9(6-13-14)8-3-4-12-10(5-8)11(15)16/h6-8,10,12H,2-5H2,1H3,(H,15,16). The molecule has 0 amide bonds. The Morgan fingerprint density at radius 2 is 2.56 bits per heavy atom. The van der Waals surface area contributed by atoms with Crippen molar-refractivity contribution in [2.75, 3.05) is 6.54 Å². The van der Waals surface area contributed by atoms with Gasteiger partial charge in [-0.25, -0.2) is 0 Å². The predicted octanol–water partition coefficient (Wildman–Crippen LogP) is 0.823. The second kappa shape index (κ2) is 4.65. The van der Waals surface area contributed by atoms with Crippen molar-refractivity contribution in [3.63, 3.8) is 0 Å². The van der Waals surface area contributed by atoms with E-state index in [-0.39, 0.29) is 0 Å². The lowest BCUT2D eigenvalue weighted by Crippen LogP contribution is -2.42. The molecule has 88 valence electrons. The van der Waals surface area contributed by atoms with Crippen LogP contribution in [0.1, 0.15) is 31.2 Å². The molecule has 2 N–H and O–H groups in total. The molecule has 1 aromatic heterocycles. The van der Waals surface area contributed by atoms with Crippen molar-refractivity contribution < 1.29 is 9.90 Å². The van der Waals surface area contributed by atoms with E-state index in [1.54, 1.807) is 0 Å². The van der Waals surface area contributed by atoms with Crippen molar-refractivity contribution >= 4 is 5.97 Å². The van der Waals surface area contributed by atoms with Gasteiger partial charge in [-0.1, -0.05) is 0 Å². The van der Waals surface area contributed by atoms with E-state index >= 15 is 0 Å². The summed E-state index contributed by atoms with van der Waals surface area (Å²) in [6, 6.07) is -0.413. The minimum absolute atomic E-state index is 0.322. The number of aryl methyl sites for hydroxylation is 1. The number of hydrogen-bond donors (Lipinski definition) is 2. The molecule has 1 saturated heterocycles. The molecule has 1 fully saturated rings. The van der Waals surface area contributed by atoms with Crippen LogP contribution in [0.2, 0.25) is 0 Å². The van der Waals surface area contributed by atoms with Gasteiger partial charge in [0, 0.05) is 12.7 Å². The maximum Gasteiger partial charge on any atom is 0.320 e. The van der Waals surface area contributed by atoms with Crippen molar-refractivity contribution in [2.24, 2.45) is 0 Å². The number of nitrogens with one attached hydrogen (secondary N) is 1. The summed E-state index contributed by atoms with van der Waals surface area (Å²) in [5.41, 5.74) is 1.16. The predicted molar refractivity (Wildman–Crippen MR) is 59.3 cm³/mol. The summed E-state index contributed by atoms with van der Waals surface area (Å²) in [5, 5.41) is 16.2. The molecule has 0 aromatic carbocycles. The van der Waals surface area contributed by atoms with Gasteiger partial charge in [-0.15, -0.1) is 0 Å². The molecule has 16 heavy (non-hydrogen) atoms. The summed E-state index contributed by atoms with van der Waals surface area (Å²) in [6.45, 7) is 3.66. The van der Waals surface area contributed by atoms with Crippen LogP contribution in [0.25, 0.3) is 0 Å². The molecule has 1 aliphatic rings. The Kier molecular flexibility index (Phi) is 3.24. The molecule has 2 rings (SSSR count). The molecular weight excluding hydrogens is 206 g/mol. The number of aromatic nitrogens is 2. The second-order valence-corrected chi connectivity index (χ2v) is 4.20. The Hall–Kier alpha value is -1.36. The van der Waals surface area contributed by atoms with E-state index < -0.39 is 12.0 Å². The Balaban J connectivity index is 2.06. The molecular formula is C11H17N3O2. The molecule has 2 heterocycles. The summed E-state index contributed by atoms with van der Waals surface area (Å²) >= 11 is 0. The lowest BCUT2D eigenvalue weighted by Gasteiger charge is -2.26. The Labute approximate surface area is 94.5 Å². The van der Waals surface area contributed by atoms with Crippen LogP contribution in [0.4, 0.5) is 0 Å². The summed E-state index contributed by atoms with van der Waals surface area (Å²) in [4.78, 5) is 10.9. The monoisotopic (exact) mass is 223 g/mol. The third-order valence-corrected chi connectivity index (χ3v) is 3.15. The Bertz CT molecular complexity index is 375. The number of hydrogen-bond acceptors (Lipinski definition) is 3. The van der Waals surface area contributed by atoms with E-state index in [9.17, 15) is 4.79 Å². The Morgan fingerprint density at radius 1 is 1.75 bits per heavy atom. The van der Waals surface area contributed by atoms with Gasteiger partial charge in [-0.05, 0) is 37.8 Å². The zero-order chi connectivity index (χ0) is 11.5.